The van der Waals surface area contributed by atoms with Crippen molar-refractivity contribution < 1.29 is 33.2 Å². The van der Waals surface area contributed by atoms with Crippen LogP contribution in [0.2, 0.25) is 0 Å². The summed E-state index contributed by atoms with van der Waals surface area (Å²) in [6.45, 7) is 0.639. The van der Waals surface area contributed by atoms with Gasteiger partial charge in [0, 0.05) is 11.8 Å². The van der Waals surface area contributed by atoms with Crippen LogP contribution in [0.1, 0.15) is 22.6 Å². The van der Waals surface area contributed by atoms with Gasteiger partial charge in [0.2, 0.25) is 12.5 Å². The number of cyclic esters (lactones) is 1. The van der Waals surface area contributed by atoms with Crippen LogP contribution >= 0.6 is 0 Å². The number of hydrogen-bond donors (Lipinski definition) is 0. The van der Waals surface area contributed by atoms with Crippen molar-refractivity contribution >= 4 is 5.97 Å². The van der Waals surface area contributed by atoms with Gasteiger partial charge in [0.25, 0.3) is 0 Å². The first-order valence-electron chi connectivity index (χ1n) is 9.53. The normalized spacial score (nSPS) is 23.8. The third-order valence-corrected chi connectivity index (χ3v) is 6.08. The third-order valence-electron chi connectivity index (χ3n) is 6.08. The van der Waals surface area contributed by atoms with Crippen molar-refractivity contribution in [1.82, 2.24) is 0 Å². The summed E-state index contributed by atoms with van der Waals surface area (Å²) in [5.74, 6) is 2.53. The number of ether oxygens (including phenoxy) is 6. The van der Waals surface area contributed by atoms with Gasteiger partial charge in [0.05, 0.1) is 33.9 Å². The highest BCUT2D eigenvalue weighted by atomic mass is 16.7. The maximum absolute atomic E-state index is 12.7. The molecule has 0 amide bonds. The number of methoxy groups -OCH3 is 3. The Morgan fingerprint density at radius 3 is 2.24 bits per heavy atom. The Morgan fingerprint density at radius 1 is 0.897 bits per heavy atom. The van der Waals surface area contributed by atoms with Gasteiger partial charge in [-0.05, 0) is 47.4 Å². The van der Waals surface area contributed by atoms with E-state index in [4.69, 9.17) is 28.4 Å². The lowest BCUT2D eigenvalue weighted by Gasteiger charge is -2.34. The van der Waals surface area contributed by atoms with Gasteiger partial charge in [-0.3, -0.25) is 4.79 Å². The first-order chi connectivity index (χ1) is 14.1. The molecule has 3 atom stereocenters. The Labute approximate surface area is 168 Å². The van der Waals surface area contributed by atoms with E-state index in [1.165, 1.54) is 0 Å². The Bertz CT molecular complexity index is 958. The van der Waals surface area contributed by atoms with Crippen molar-refractivity contribution in [3.05, 3.63) is 41.0 Å². The fraction of sp³-hybridized carbons (Fsp3) is 0.409. The number of carbonyl (C=O) groups excluding carboxylic acids is 1. The van der Waals surface area contributed by atoms with Gasteiger partial charge >= 0.3 is 5.97 Å². The molecule has 0 N–H and O–H groups in total. The highest BCUT2D eigenvalue weighted by Crippen LogP contribution is 2.52. The quantitative estimate of drug-likeness (QED) is 0.733. The van der Waals surface area contributed by atoms with Crippen LogP contribution in [0.3, 0.4) is 0 Å². The molecular weight excluding hydrogens is 376 g/mol. The van der Waals surface area contributed by atoms with Gasteiger partial charge in [-0.2, -0.15) is 0 Å². The molecule has 29 heavy (non-hydrogen) atoms. The molecule has 1 fully saturated rings. The Morgan fingerprint density at radius 2 is 1.59 bits per heavy atom. The van der Waals surface area contributed by atoms with E-state index in [1.807, 2.05) is 24.3 Å². The highest BCUT2D eigenvalue weighted by molar-refractivity contribution is 5.78. The first-order valence-corrected chi connectivity index (χ1v) is 9.53. The maximum atomic E-state index is 12.7. The number of fused-ring (bicyclic) bond motifs is 3. The summed E-state index contributed by atoms with van der Waals surface area (Å²) >= 11 is 0. The van der Waals surface area contributed by atoms with E-state index in [-0.39, 0.29) is 30.5 Å². The largest absolute Gasteiger partial charge is 0.493 e. The molecular formula is C22H22O7. The lowest BCUT2D eigenvalue weighted by atomic mass is 9.67. The molecule has 0 unspecified atom stereocenters. The van der Waals surface area contributed by atoms with Crippen LogP contribution in [0, 0.1) is 11.8 Å². The van der Waals surface area contributed by atoms with E-state index in [1.54, 1.807) is 21.3 Å². The van der Waals surface area contributed by atoms with Gasteiger partial charge in [0.1, 0.15) is 0 Å². The predicted octanol–water partition coefficient (Wildman–Crippen LogP) is 2.92. The number of esters is 1. The molecule has 0 aromatic heterocycles. The van der Waals surface area contributed by atoms with Crippen molar-refractivity contribution in [2.24, 2.45) is 11.8 Å². The zero-order valence-electron chi connectivity index (χ0n) is 16.5. The maximum Gasteiger partial charge on any atom is 0.310 e. The molecule has 1 aliphatic carbocycles. The molecule has 1 saturated heterocycles. The zero-order chi connectivity index (χ0) is 20.1. The molecule has 3 aliphatic rings. The Balaban J connectivity index is 1.71. The van der Waals surface area contributed by atoms with Crippen LogP contribution in [-0.4, -0.2) is 40.7 Å². The third kappa shape index (κ3) is 2.68. The number of carbonyl (C=O) groups is 1. The monoisotopic (exact) mass is 398 g/mol. The van der Waals surface area contributed by atoms with Crippen molar-refractivity contribution in [3.8, 4) is 28.7 Å². The second-order valence-corrected chi connectivity index (χ2v) is 7.46. The fourth-order valence-electron chi connectivity index (χ4n) is 4.79. The van der Waals surface area contributed by atoms with E-state index < -0.39 is 0 Å². The molecule has 7 heteroatoms. The van der Waals surface area contributed by atoms with E-state index >= 15 is 0 Å². The van der Waals surface area contributed by atoms with E-state index in [9.17, 15) is 4.79 Å². The Kier molecular flexibility index (Phi) is 4.19. The zero-order valence-corrected chi connectivity index (χ0v) is 16.5. The van der Waals surface area contributed by atoms with Gasteiger partial charge in [-0.25, -0.2) is 0 Å². The predicted molar refractivity (Wildman–Crippen MR) is 102 cm³/mol. The number of benzene rings is 2. The Hall–Kier alpha value is -3.09. The highest BCUT2D eigenvalue weighted by Gasteiger charge is 2.48. The van der Waals surface area contributed by atoms with E-state index in [2.05, 4.69) is 0 Å². The summed E-state index contributed by atoms with van der Waals surface area (Å²) in [6.07, 6.45) is 0.767. The van der Waals surface area contributed by atoms with Crippen molar-refractivity contribution in [2.75, 3.05) is 34.7 Å². The van der Waals surface area contributed by atoms with Crippen LogP contribution in [0.15, 0.2) is 24.3 Å². The van der Waals surface area contributed by atoms with Gasteiger partial charge < -0.3 is 28.4 Å². The lowest BCUT2D eigenvalue weighted by Crippen LogP contribution is -2.31. The SMILES string of the molecule is COc1cc([C@H]2c3cc4c(cc3C[C@@H]3COC(=O)[C@@H]32)OCO4)cc(OC)c1OC. The van der Waals surface area contributed by atoms with Crippen LogP contribution in [0.4, 0.5) is 0 Å². The molecule has 2 aromatic carbocycles. The molecule has 7 nitrogen and oxygen atoms in total. The average molecular weight is 398 g/mol. The van der Waals surface area contributed by atoms with Gasteiger partial charge in [0.15, 0.2) is 23.0 Å². The molecule has 5 rings (SSSR count). The van der Waals surface area contributed by atoms with Crippen LogP contribution in [0.5, 0.6) is 28.7 Å². The smallest absolute Gasteiger partial charge is 0.310 e. The standard InChI is InChI=1S/C22H22O7/c1-24-17-6-12(7-18(25-2)21(17)26-3)19-14-8-16-15(28-10-29-16)5-11(14)4-13-9-27-22(23)20(13)19/h5-8,13,19-20H,4,9-10H2,1-3H3/t13-,19+,20+/m1/s1. The molecule has 2 heterocycles. The molecule has 152 valence electrons. The summed E-state index contributed by atoms with van der Waals surface area (Å²) in [7, 11) is 4.74. The molecule has 0 bridgehead atoms. The van der Waals surface area contributed by atoms with Crippen molar-refractivity contribution in [3.63, 3.8) is 0 Å². The van der Waals surface area contributed by atoms with Crippen LogP contribution in [-0.2, 0) is 16.0 Å². The minimum atomic E-state index is -0.273. The topological polar surface area (TPSA) is 72.5 Å². The van der Waals surface area contributed by atoms with Crippen molar-refractivity contribution in [1.29, 1.82) is 0 Å². The summed E-state index contributed by atoms with van der Waals surface area (Å²) in [5, 5.41) is 0. The summed E-state index contributed by atoms with van der Waals surface area (Å²) in [6, 6.07) is 7.84. The molecule has 0 spiro atoms. The summed E-state index contributed by atoms with van der Waals surface area (Å²) < 4.78 is 33.2. The summed E-state index contributed by atoms with van der Waals surface area (Å²) in [4.78, 5) is 12.7. The number of rotatable bonds is 4. The number of hydrogen-bond acceptors (Lipinski definition) is 7. The molecule has 0 radical (unpaired) electrons. The molecule has 2 aliphatic heterocycles. The van der Waals surface area contributed by atoms with Crippen LogP contribution in [0.25, 0.3) is 0 Å². The molecule has 2 aromatic rings. The minimum absolute atomic E-state index is 0.111. The van der Waals surface area contributed by atoms with Gasteiger partial charge in [-0.1, -0.05) is 0 Å². The second-order valence-electron chi connectivity index (χ2n) is 7.46. The minimum Gasteiger partial charge on any atom is -0.493 e. The fourth-order valence-corrected chi connectivity index (χ4v) is 4.79. The van der Waals surface area contributed by atoms with E-state index in [0.717, 1.165) is 28.9 Å². The molecule has 0 saturated carbocycles. The summed E-state index contributed by atoms with van der Waals surface area (Å²) in [5.41, 5.74) is 3.10. The average Bonchev–Trinajstić information content (AvgIpc) is 3.35. The van der Waals surface area contributed by atoms with E-state index in [0.29, 0.717) is 29.6 Å². The van der Waals surface area contributed by atoms with Gasteiger partial charge in [-0.15, -0.1) is 0 Å². The first kappa shape index (κ1) is 18.0. The lowest BCUT2D eigenvalue weighted by molar-refractivity contribution is -0.141. The van der Waals surface area contributed by atoms with Crippen LogP contribution < -0.4 is 23.7 Å². The second kappa shape index (κ2) is 6.76. The van der Waals surface area contributed by atoms with Crippen molar-refractivity contribution in [2.45, 2.75) is 12.3 Å².